The van der Waals surface area contributed by atoms with Gasteiger partial charge in [-0.15, -0.1) is 0 Å². The van der Waals surface area contributed by atoms with Gasteiger partial charge < -0.3 is 23.9 Å². The maximum absolute atomic E-state index is 12.6. The van der Waals surface area contributed by atoms with Crippen molar-refractivity contribution in [1.29, 1.82) is 0 Å². The number of hydrogen-bond acceptors (Lipinski definition) is 5. The second-order valence-electron chi connectivity index (χ2n) is 10.7. The fraction of sp³-hybridized carbons (Fsp3) is 0.600. The Hall–Kier alpha value is -2.32. The van der Waals surface area contributed by atoms with E-state index in [2.05, 4.69) is 44.6 Å². The van der Waals surface area contributed by atoms with Crippen LogP contribution < -0.4 is 5.46 Å². The monoisotopic (exact) mass is 455 g/mol. The summed E-state index contributed by atoms with van der Waals surface area (Å²) >= 11 is 0. The topological polar surface area (TPSA) is 76.7 Å². The summed E-state index contributed by atoms with van der Waals surface area (Å²) in [6.45, 7) is 16.9. The number of carbonyl (C=O) groups excluding carboxylic acids is 1. The summed E-state index contributed by atoms with van der Waals surface area (Å²) in [7, 11) is -0.387. The molecule has 3 rings (SSSR count). The molecule has 1 aromatic heterocycles. The van der Waals surface area contributed by atoms with Crippen LogP contribution in [0.5, 0.6) is 0 Å². The van der Waals surface area contributed by atoms with Crippen LogP contribution in [-0.2, 0) is 20.6 Å². The van der Waals surface area contributed by atoms with E-state index in [0.717, 1.165) is 35.4 Å². The minimum absolute atomic E-state index is 0.319. The van der Waals surface area contributed by atoms with Gasteiger partial charge in [-0.2, -0.15) is 0 Å². The van der Waals surface area contributed by atoms with E-state index in [0.29, 0.717) is 13.1 Å². The van der Waals surface area contributed by atoms with Gasteiger partial charge in [0, 0.05) is 6.54 Å². The number of rotatable bonds is 7. The fourth-order valence-electron chi connectivity index (χ4n) is 3.48. The van der Waals surface area contributed by atoms with Crippen molar-refractivity contribution >= 4 is 18.7 Å². The van der Waals surface area contributed by atoms with Crippen LogP contribution in [-0.4, -0.2) is 51.4 Å². The van der Waals surface area contributed by atoms with Gasteiger partial charge in [-0.1, -0.05) is 37.6 Å². The molecule has 0 saturated carbocycles. The molecular formula is C25H38BN3O4. The molecule has 1 aliphatic heterocycles. The van der Waals surface area contributed by atoms with Crippen molar-refractivity contribution in [2.75, 3.05) is 6.54 Å². The van der Waals surface area contributed by atoms with Crippen LogP contribution >= 0.6 is 0 Å². The Morgan fingerprint density at radius 3 is 2.27 bits per heavy atom. The molecule has 0 radical (unpaired) electrons. The Labute approximate surface area is 198 Å². The number of aromatic nitrogens is 2. The Morgan fingerprint density at radius 1 is 1.12 bits per heavy atom. The van der Waals surface area contributed by atoms with Gasteiger partial charge in [0.15, 0.2) is 0 Å². The molecule has 2 aromatic rings. The van der Waals surface area contributed by atoms with Crippen molar-refractivity contribution in [2.24, 2.45) is 0 Å². The number of aromatic amines is 1. The van der Waals surface area contributed by atoms with E-state index in [1.165, 1.54) is 0 Å². The first-order valence-electron chi connectivity index (χ1n) is 11.8. The second-order valence-corrected chi connectivity index (χ2v) is 10.7. The van der Waals surface area contributed by atoms with E-state index >= 15 is 0 Å². The fourth-order valence-corrected chi connectivity index (χ4v) is 3.48. The molecule has 1 N–H and O–H groups in total. The smallest absolute Gasteiger partial charge is 0.444 e. The van der Waals surface area contributed by atoms with E-state index in [-0.39, 0.29) is 24.4 Å². The lowest BCUT2D eigenvalue weighted by Gasteiger charge is -2.32. The summed E-state index contributed by atoms with van der Waals surface area (Å²) in [6.07, 6.45) is 3.39. The van der Waals surface area contributed by atoms with Gasteiger partial charge in [-0.3, -0.25) is 0 Å². The van der Waals surface area contributed by atoms with E-state index in [9.17, 15) is 4.79 Å². The van der Waals surface area contributed by atoms with Gasteiger partial charge in [0.05, 0.1) is 29.6 Å². The lowest BCUT2D eigenvalue weighted by atomic mass is 9.79. The van der Waals surface area contributed by atoms with Crippen molar-refractivity contribution in [3.63, 3.8) is 0 Å². The van der Waals surface area contributed by atoms with Crippen LogP contribution in [0.25, 0.3) is 11.3 Å². The molecule has 0 spiro atoms. The van der Waals surface area contributed by atoms with E-state index in [1.807, 2.05) is 45.0 Å². The third-order valence-corrected chi connectivity index (χ3v) is 6.15. The first-order chi connectivity index (χ1) is 15.3. The Kier molecular flexibility index (Phi) is 7.29. The number of nitrogens with one attached hydrogen (secondary N) is 1. The molecule has 0 atom stereocenters. The molecule has 180 valence electrons. The normalized spacial score (nSPS) is 17.3. The van der Waals surface area contributed by atoms with E-state index < -0.39 is 5.60 Å². The molecule has 0 aliphatic carbocycles. The van der Waals surface area contributed by atoms with Crippen molar-refractivity contribution < 1.29 is 18.8 Å². The molecule has 2 heterocycles. The van der Waals surface area contributed by atoms with Crippen molar-refractivity contribution in [3.8, 4) is 11.3 Å². The van der Waals surface area contributed by atoms with Crippen LogP contribution in [0.15, 0.2) is 30.5 Å². The zero-order chi connectivity index (χ0) is 24.4. The Morgan fingerprint density at radius 2 is 1.73 bits per heavy atom. The number of benzene rings is 1. The minimum atomic E-state index is -0.533. The van der Waals surface area contributed by atoms with Gasteiger partial charge in [-0.25, -0.2) is 9.78 Å². The van der Waals surface area contributed by atoms with E-state index in [4.69, 9.17) is 14.0 Å². The molecule has 1 aliphatic rings. The molecular weight excluding hydrogens is 417 g/mol. The van der Waals surface area contributed by atoms with Crippen LogP contribution in [0.1, 0.15) is 74.1 Å². The van der Waals surface area contributed by atoms with Crippen molar-refractivity contribution in [2.45, 2.75) is 91.6 Å². The first-order valence-corrected chi connectivity index (χ1v) is 11.8. The summed E-state index contributed by atoms with van der Waals surface area (Å²) < 4.78 is 17.9. The highest BCUT2D eigenvalue weighted by Gasteiger charge is 2.51. The molecule has 33 heavy (non-hydrogen) atoms. The van der Waals surface area contributed by atoms with E-state index in [1.54, 1.807) is 11.1 Å². The third kappa shape index (κ3) is 6.18. The summed E-state index contributed by atoms with van der Waals surface area (Å²) in [5.74, 6) is 0.724. The molecule has 1 fully saturated rings. The lowest BCUT2D eigenvalue weighted by molar-refractivity contribution is 0.00578. The average Bonchev–Trinajstić information content (AvgIpc) is 3.25. The lowest BCUT2D eigenvalue weighted by Crippen LogP contribution is -2.41. The summed E-state index contributed by atoms with van der Waals surface area (Å²) in [6, 6.07) is 8.10. The maximum atomic E-state index is 12.6. The number of H-pyrrole nitrogens is 1. The standard InChI is InChI=1S/C25H38BN3O4/c1-9-10-15-29(22(30)31-23(2,3)4)17-21-27-16-20(28-21)18-11-13-19(14-12-18)26-32-24(5,6)25(7,8)33-26/h11-14,16H,9-10,15,17H2,1-8H3,(H,27,28). The zero-order valence-electron chi connectivity index (χ0n) is 21.3. The quantitative estimate of drug-likeness (QED) is 0.601. The number of hydrogen-bond donors (Lipinski definition) is 1. The van der Waals surface area contributed by atoms with Gasteiger partial charge in [0.1, 0.15) is 11.4 Å². The van der Waals surface area contributed by atoms with Gasteiger partial charge >= 0.3 is 13.2 Å². The first kappa shape index (κ1) is 25.3. The molecule has 7 nitrogen and oxygen atoms in total. The molecule has 1 amide bonds. The highest BCUT2D eigenvalue weighted by molar-refractivity contribution is 6.62. The van der Waals surface area contributed by atoms with Crippen LogP contribution in [0.3, 0.4) is 0 Å². The molecule has 0 unspecified atom stereocenters. The molecule has 8 heteroatoms. The summed E-state index contributed by atoms with van der Waals surface area (Å²) in [5.41, 5.74) is 1.61. The average molecular weight is 455 g/mol. The SMILES string of the molecule is CCCCN(Cc1ncc(-c2ccc(B3OC(C)(C)C(C)(C)O3)cc2)[nH]1)C(=O)OC(C)(C)C. The van der Waals surface area contributed by atoms with Crippen LogP contribution in [0, 0.1) is 0 Å². The van der Waals surface area contributed by atoms with Crippen molar-refractivity contribution in [1.82, 2.24) is 14.9 Å². The number of unbranched alkanes of at least 4 members (excludes halogenated alkanes) is 1. The molecule has 1 saturated heterocycles. The summed E-state index contributed by atoms with van der Waals surface area (Å²) in [5, 5.41) is 0. The highest BCUT2D eigenvalue weighted by atomic mass is 16.7. The number of nitrogens with zero attached hydrogens (tertiary/aromatic N) is 2. The number of ether oxygens (including phenoxy) is 1. The predicted octanol–water partition coefficient (Wildman–Crippen LogP) is 4.91. The minimum Gasteiger partial charge on any atom is -0.444 e. The largest absolute Gasteiger partial charge is 0.494 e. The Balaban J connectivity index is 1.69. The van der Waals surface area contributed by atoms with Crippen molar-refractivity contribution in [3.05, 3.63) is 36.3 Å². The second kappa shape index (κ2) is 9.51. The van der Waals surface area contributed by atoms with Gasteiger partial charge in [-0.05, 0) is 65.9 Å². The maximum Gasteiger partial charge on any atom is 0.494 e. The number of carbonyl (C=O) groups is 1. The van der Waals surface area contributed by atoms with Crippen LogP contribution in [0.2, 0.25) is 0 Å². The summed E-state index contributed by atoms with van der Waals surface area (Å²) in [4.78, 5) is 22.2. The van der Waals surface area contributed by atoms with Crippen LogP contribution in [0.4, 0.5) is 4.79 Å². The molecule has 1 aromatic carbocycles. The van der Waals surface area contributed by atoms with Gasteiger partial charge in [0.2, 0.25) is 0 Å². The third-order valence-electron chi connectivity index (χ3n) is 6.15. The predicted molar refractivity (Wildman–Crippen MR) is 131 cm³/mol. The number of amides is 1. The Bertz CT molecular complexity index is 931. The van der Waals surface area contributed by atoms with Gasteiger partial charge in [0.25, 0.3) is 0 Å². The highest BCUT2D eigenvalue weighted by Crippen LogP contribution is 2.36. The zero-order valence-corrected chi connectivity index (χ0v) is 21.3. The number of imidazole rings is 1. The molecule has 0 bridgehead atoms.